The molecule has 0 unspecified atom stereocenters. The van der Waals surface area contributed by atoms with Crippen LogP contribution >= 0.6 is 0 Å². The summed E-state index contributed by atoms with van der Waals surface area (Å²) >= 11 is 0. The first-order valence-corrected chi connectivity index (χ1v) is 6.50. The Morgan fingerprint density at radius 3 is 2.79 bits per heavy atom. The van der Waals surface area contributed by atoms with E-state index >= 15 is 0 Å². The first kappa shape index (κ1) is 13.6. The van der Waals surface area contributed by atoms with Gasteiger partial charge in [0.25, 0.3) is 0 Å². The molecular formula is C15H21N3O. The largest absolute Gasteiger partial charge is 0.388 e. The van der Waals surface area contributed by atoms with Gasteiger partial charge in [0, 0.05) is 38.4 Å². The highest BCUT2D eigenvalue weighted by molar-refractivity contribution is 5.88. The third-order valence-electron chi connectivity index (χ3n) is 3.26. The van der Waals surface area contributed by atoms with Gasteiger partial charge in [0.05, 0.1) is 0 Å². The molecule has 0 aromatic heterocycles. The molecule has 0 saturated heterocycles. The van der Waals surface area contributed by atoms with E-state index in [0.717, 1.165) is 12.2 Å². The van der Waals surface area contributed by atoms with Gasteiger partial charge in [0.1, 0.15) is 0 Å². The minimum absolute atomic E-state index is 0.0871. The summed E-state index contributed by atoms with van der Waals surface area (Å²) in [5, 5.41) is 3.12. The molecule has 0 radical (unpaired) electrons. The van der Waals surface area contributed by atoms with Gasteiger partial charge in [-0.15, -0.1) is 0 Å². The Kier molecular flexibility index (Phi) is 4.22. The molecule has 4 nitrogen and oxygen atoms in total. The maximum absolute atomic E-state index is 12.1. The molecule has 0 atom stereocenters. The number of carbonyl (C=O) groups excluding carboxylic acids is 1. The highest BCUT2D eigenvalue weighted by Crippen LogP contribution is 2.25. The minimum atomic E-state index is 0.0871. The number of hydrogen-bond acceptors (Lipinski definition) is 3. The van der Waals surface area contributed by atoms with E-state index in [2.05, 4.69) is 23.5 Å². The molecule has 0 fully saturated rings. The van der Waals surface area contributed by atoms with Crippen molar-refractivity contribution < 1.29 is 4.79 Å². The molecular weight excluding hydrogens is 238 g/mol. The predicted molar refractivity (Wildman–Crippen MR) is 77.9 cm³/mol. The molecule has 0 saturated carbocycles. The lowest BCUT2D eigenvalue weighted by atomic mass is 10.1. The van der Waals surface area contributed by atoms with Crippen molar-refractivity contribution in [3.8, 4) is 0 Å². The van der Waals surface area contributed by atoms with E-state index in [-0.39, 0.29) is 5.91 Å². The average molecular weight is 259 g/mol. The summed E-state index contributed by atoms with van der Waals surface area (Å²) in [5.41, 5.74) is 3.57. The van der Waals surface area contributed by atoms with Crippen LogP contribution in [0.4, 0.5) is 5.69 Å². The van der Waals surface area contributed by atoms with Crippen LogP contribution in [0.2, 0.25) is 0 Å². The molecule has 102 valence electrons. The topological polar surface area (TPSA) is 35.6 Å². The fraction of sp³-hybridized carbons (Fsp3) is 0.400. The summed E-state index contributed by atoms with van der Waals surface area (Å²) in [6.07, 6.45) is 3.58. The third-order valence-corrected chi connectivity index (χ3v) is 3.26. The van der Waals surface area contributed by atoms with Gasteiger partial charge in [-0.1, -0.05) is 12.1 Å². The Morgan fingerprint density at radius 1 is 1.37 bits per heavy atom. The number of fused-ring (bicyclic) bond motifs is 1. The van der Waals surface area contributed by atoms with Crippen LogP contribution in [0, 0.1) is 0 Å². The maximum Gasteiger partial charge on any atom is 0.246 e. The Hall–Kier alpha value is -1.81. The third kappa shape index (κ3) is 3.35. The summed E-state index contributed by atoms with van der Waals surface area (Å²) in [5.74, 6) is 0.0871. The zero-order valence-corrected chi connectivity index (χ0v) is 11.8. The molecule has 19 heavy (non-hydrogen) atoms. The van der Waals surface area contributed by atoms with Crippen molar-refractivity contribution in [1.29, 1.82) is 0 Å². The zero-order chi connectivity index (χ0) is 13.8. The van der Waals surface area contributed by atoms with Crippen LogP contribution in [0.1, 0.15) is 11.1 Å². The first-order valence-electron chi connectivity index (χ1n) is 6.50. The highest BCUT2D eigenvalue weighted by Gasteiger charge is 2.21. The van der Waals surface area contributed by atoms with Gasteiger partial charge in [-0.3, -0.25) is 4.79 Å². The van der Waals surface area contributed by atoms with Crippen molar-refractivity contribution in [2.45, 2.75) is 13.1 Å². The Morgan fingerprint density at radius 2 is 2.11 bits per heavy atom. The molecule has 1 aliphatic heterocycles. The van der Waals surface area contributed by atoms with Crippen molar-refractivity contribution in [3.63, 3.8) is 0 Å². The van der Waals surface area contributed by atoms with E-state index in [1.54, 1.807) is 6.08 Å². The molecule has 0 aliphatic carbocycles. The fourth-order valence-corrected chi connectivity index (χ4v) is 2.18. The number of hydrogen-bond donors (Lipinski definition) is 1. The molecule has 0 bridgehead atoms. The molecule has 1 N–H and O–H groups in total. The molecule has 1 heterocycles. The molecule has 1 aromatic carbocycles. The van der Waals surface area contributed by atoms with Crippen molar-refractivity contribution >= 4 is 11.6 Å². The number of nitrogens with zero attached hydrogens (tertiary/aromatic N) is 2. The van der Waals surface area contributed by atoms with E-state index < -0.39 is 0 Å². The van der Waals surface area contributed by atoms with Crippen molar-refractivity contribution in [1.82, 2.24) is 9.80 Å². The van der Waals surface area contributed by atoms with Crippen molar-refractivity contribution in [2.75, 3.05) is 33.0 Å². The summed E-state index contributed by atoms with van der Waals surface area (Å²) < 4.78 is 0. The van der Waals surface area contributed by atoms with Crippen LogP contribution in [0.3, 0.4) is 0 Å². The number of anilines is 1. The van der Waals surface area contributed by atoms with Crippen molar-refractivity contribution in [3.05, 3.63) is 41.5 Å². The van der Waals surface area contributed by atoms with Gasteiger partial charge in [0.2, 0.25) is 5.91 Å². The summed E-state index contributed by atoms with van der Waals surface area (Å²) in [4.78, 5) is 16.0. The van der Waals surface area contributed by atoms with Crippen molar-refractivity contribution in [2.24, 2.45) is 0 Å². The standard InChI is InChI=1S/C15H21N3O/c1-16-14-7-6-12-10-18(11-13(12)9-14)15(19)5-4-8-17(2)3/h4-7,9,16H,8,10-11H2,1-3H3. The number of carbonyl (C=O) groups is 1. The van der Waals surface area contributed by atoms with E-state index in [4.69, 9.17) is 0 Å². The molecule has 0 spiro atoms. The second kappa shape index (κ2) is 5.89. The zero-order valence-electron chi connectivity index (χ0n) is 11.8. The normalized spacial score (nSPS) is 14.2. The monoisotopic (exact) mass is 259 g/mol. The lowest BCUT2D eigenvalue weighted by Crippen LogP contribution is -2.23. The number of benzene rings is 1. The molecule has 1 aromatic rings. The number of amides is 1. The van der Waals surface area contributed by atoms with Crippen LogP contribution < -0.4 is 5.32 Å². The van der Waals surface area contributed by atoms with E-state index in [0.29, 0.717) is 13.1 Å². The lowest BCUT2D eigenvalue weighted by molar-refractivity contribution is -0.126. The predicted octanol–water partition coefficient (Wildman–Crippen LogP) is 1.69. The van der Waals surface area contributed by atoms with Gasteiger partial charge in [0.15, 0.2) is 0 Å². The Bertz CT molecular complexity index is 494. The van der Waals surface area contributed by atoms with Crippen LogP contribution in [0.15, 0.2) is 30.4 Å². The summed E-state index contributed by atoms with van der Waals surface area (Å²) in [6.45, 7) is 2.21. The summed E-state index contributed by atoms with van der Waals surface area (Å²) in [6, 6.07) is 6.26. The fourth-order valence-electron chi connectivity index (χ4n) is 2.18. The highest BCUT2D eigenvalue weighted by atomic mass is 16.2. The quantitative estimate of drug-likeness (QED) is 0.836. The molecule has 1 amide bonds. The summed E-state index contributed by atoms with van der Waals surface area (Å²) in [7, 11) is 5.88. The molecule has 4 heteroatoms. The first-order chi connectivity index (χ1) is 9.10. The van der Waals surface area contributed by atoms with Crippen LogP contribution in [0.5, 0.6) is 0 Å². The van der Waals surface area contributed by atoms with Gasteiger partial charge in [-0.2, -0.15) is 0 Å². The van der Waals surface area contributed by atoms with Gasteiger partial charge in [-0.05, 0) is 37.4 Å². The van der Waals surface area contributed by atoms with Gasteiger partial charge >= 0.3 is 0 Å². The number of likely N-dealkylation sites (N-methyl/N-ethyl adjacent to an activating group) is 1. The van der Waals surface area contributed by atoms with E-state index in [1.165, 1.54) is 11.1 Å². The van der Waals surface area contributed by atoms with E-state index in [9.17, 15) is 4.79 Å². The average Bonchev–Trinajstić information content (AvgIpc) is 2.80. The van der Waals surface area contributed by atoms with Gasteiger partial charge < -0.3 is 15.1 Å². The maximum atomic E-state index is 12.1. The van der Waals surface area contributed by atoms with Crippen LogP contribution in [-0.4, -0.2) is 43.4 Å². The minimum Gasteiger partial charge on any atom is -0.388 e. The smallest absolute Gasteiger partial charge is 0.246 e. The second-order valence-corrected chi connectivity index (χ2v) is 5.09. The van der Waals surface area contributed by atoms with Gasteiger partial charge in [-0.25, -0.2) is 0 Å². The Labute approximate surface area is 114 Å². The second-order valence-electron chi connectivity index (χ2n) is 5.09. The molecule has 1 aliphatic rings. The SMILES string of the molecule is CNc1ccc2c(c1)CN(C(=O)C=CCN(C)C)C2. The van der Waals surface area contributed by atoms with E-state index in [1.807, 2.05) is 37.0 Å². The lowest BCUT2D eigenvalue weighted by Gasteiger charge is -2.12. The number of rotatable bonds is 4. The molecule has 2 rings (SSSR count). The van der Waals surface area contributed by atoms with Crippen LogP contribution in [0.25, 0.3) is 0 Å². The van der Waals surface area contributed by atoms with Crippen LogP contribution in [-0.2, 0) is 17.9 Å². The Balaban J connectivity index is 1.99. The number of nitrogens with one attached hydrogen (secondary N) is 1.